The molecule has 3 fully saturated rings. The van der Waals surface area contributed by atoms with Gasteiger partial charge in [0.1, 0.15) is 11.4 Å². The summed E-state index contributed by atoms with van der Waals surface area (Å²) in [6, 6.07) is 18.4. The summed E-state index contributed by atoms with van der Waals surface area (Å²) < 4.78 is 85.5. The molecule has 6 aromatic rings. The summed E-state index contributed by atoms with van der Waals surface area (Å²) in [5, 5.41) is 34.8. The van der Waals surface area contributed by atoms with Crippen molar-refractivity contribution in [2.24, 2.45) is 42.7 Å². The van der Waals surface area contributed by atoms with Crippen molar-refractivity contribution in [3.05, 3.63) is 157 Å². The molecule has 4 N–H and O–H groups in total. The van der Waals surface area contributed by atoms with Gasteiger partial charge in [0.05, 0.1) is 0 Å². The molecule has 0 spiro atoms. The molecule has 6 heterocycles. The second kappa shape index (κ2) is 26.1. The van der Waals surface area contributed by atoms with Crippen LogP contribution in [0.25, 0.3) is 11.5 Å². The van der Waals surface area contributed by atoms with Crippen molar-refractivity contribution < 1.29 is 36.1 Å². The molecular weight excluding hydrogens is 947 g/mol. The number of hydrogen-bond donors (Lipinski definition) is 3. The molecule has 0 radical (unpaired) electrons. The van der Waals surface area contributed by atoms with Crippen LogP contribution in [-0.2, 0) is 33.4 Å². The first-order valence-corrected chi connectivity index (χ1v) is 23.4. The highest BCUT2D eigenvalue weighted by atomic mass is 19.2. The maximum atomic E-state index is 13.4. The van der Waals surface area contributed by atoms with E-state index in [1.54, 1.807) is 36.2 Å². The van der Waals surface area contributed by atoms with Gasteiger partial charge in [0, 0.05) is 52.4 Å². The number of anilines is 1. The number of halogens is 6. The fraction of sp³-hybridized carbons (Fsp3) is 0.400. The summed E-state index contributed by atoms with van der Waals surface area (Å²) in [5.74, 6) is -3.04. The Bertz CT molecular complexity index is 2920. The molecule has 3 aromatic carbocycles. The van der Waals surface area contributed by atoms with Gasteiger partial charge in [-0.1, -0.05) is 28.5 Å². The number of nitrogens with two attached hydrogens (primary N) is 1. The number of rotatable bonds is 9. The molecule has 3 aliphatic rings. The zero-order chi connectivity index (χ0) is 51.7. The Morgan fingerprint density at radius 1 is 0.681 bits per heavy atom. The number of nitrogens with one attached hydrogen (secondary N) is 1. The van der Waals surface area contributed by atoms with E-state index in [2.05, 4.69) is 37.0 Å². The Kier molecular flexibility index (Phi) is 19.5. The van der Waals surface area contributed by atoms with E-state index in [9.17, 15) is 35.9 Å². The van der Waals surface area contributed by atoms with Gasteiger partial charge >= 0.3 is 6.01 Å². The van der Waals surface area contributed by atoms with Crippen molar-refractivity contribution in [1.29, 1.82) is 5.26 Å². The summed E-state index contributed by atoms with van der Waals surface area (Å²) in [6.07, 6.45) is 10.3. The average molecular weight is 1000 g/mol. The van der Waals surface area contributed by atoms with Gasteiger partial charge in [-0.15, -0.1) is 0 Å². The van der Waals surface area contributed by atoms with Crippen molar-refractivity contribution in [1.82, 2.24) is 39.9 Å². The lowest BCUT2D eigenvalue weighted by Gasteiger charge is -2.30. The number of aromatic nitrogens is 6. The zero-order valence-electron chi connectivity index (χ0n) is 39.8. The number of likely N-dealkylation sites (tertiary alicyclic amines) is 1. The fourth-order valence-electron chi connectivity index (χ4n) is 8.41. The summed E-state index contributed by atoms with van der Waals surface area (Å²) in [5.41, 5.74) is 8.04. The minimum Gasteiger partial charge on any atom is -0.409 e. The number of benzene rings is 3. The van der Waals surface area contributed by atoms with Crippen molar-refractivity contribution in [3.8, 4) is 17.7 Å². The van der Waals surface area contributed by atoms with Gasteiger partial charge in [0.2, 0.25) is 5.82 Å². The van der Waals surface area contributed by atoms with E-state index in [1.807, 2.05) is 4.90 Å². The number of hydrogen-bond acceptors (Lipinski definition) is 13. The standard InChI is InChI=1S/C19H19F2N5O2.C13H14F2N2.C12H15F2N.C6H8N4O2/c1-25-17(27)5-4-16(23-25)18-22-19(28-24-18)26-8-6-12(7-9-26)10-13-2-3-14(20)15(21)11-13;14-12-2-1-11(8-13(12)15)7-10-3-5-17(9-16)6-4-10;13-11-2-1-10(8-12(11)14)7-9-3-5-15-6-4-9;1-10-5(11)3-2-4(8-10)6(7)9-12/h2-5,11-12H,6-10H2,1H3;1-2,8,10H,3-7H2;1-2,8-9,15H,3-7H2;2-3,12H,1H3,(H2,7,9). The number of oxime groups is 1. The van der Waals surface area contributed by atoms with Gasteiger partial charge in [0.25, 0.3) is 11.1 Å². The van der Waals surface area contributed by atoms with Gasteiger partial charge < -0.3 is 30.6 Å². The van der Waals surface area contributed by atoms with Crippen LogP contribution in [0.4, 0.5) is 32.4 Å². The number of nitriles is 1. The first kappa shape index (κ1) is 53.8. The van der Waals surface area contributed by atoms with Gasteiger partial charge in [-0.25, -0.2) is 35.7 Å². The number of nitrogens with zero attached hydrogens (tertiary/aromatic N) is 10. The van der Waals surface area contributed by atoms with Crippen LogP contribution in [0.15, 0.2) is 98.1 Å². The molecule has 16 nitrogen and oxygen atoms in total. The van der Waals surface area contributed by atoms with Crippen LogP contribution in [-0.4, -0.2) is 84.9 Å². The van der Waals surface area contributed by atoms with Crippen LogP contribution in [0.1, 0.15) is 60.9 Å². The molecule has 0 saturated carbocycles. The fourth-order valence-corrected chi connectivity index (χ4v) is 8.41. The normalized spacial score (nSPS) is 15.6. The second-order valence-corrected chi connectivity index (χ2v) is 17.8. The Morgan fingerprint density at radius 3 is 1.58 bits per heavy atom. The number of aryl methyl sites for hydroxylation is 2. The molecule has 72 heavy (non-hydrogen) atoms. The number of amidine groups is 1. The topological polar surface area (TPSA) is 210 Å². The van der Waals surface area contributed by atoms with Crippen molar-refractivity contribution in [3.63, 3.8) is 0 Å². The number of piperidine rings is 3. The van der Waals surface area contributed by atoms with Crippen LogP contribution < -0.4 is 27.1 Å². The molecule has 0 amide bonds. The van der Waals surface area contributed by atoms with Crippen LogP contribution in [0.3, 0.4) is 0 Å². The smallest absolute Gasteiger partial charge is 0.324 e. The molecule has 0 unspecified atom stereocenters. The maximum Gasteiger partial charge on any atom is 0.324 e. The van der Waals surface area contributed by atoms with E-state index in [-0.39, 0.29) is 22.6 Å². The lowest BCUT2D eigenvalue weighted by atomic mass is 9.90. The van der Waals surface area contributed by atoms with Gasteiger partial charge in [-0.05, 0) is 154 Å². The molecular formula is C50H56F6N12O4. The maximum absolute atomic E-state index is 13.4. The molecule has 3 aliphatic heterocycles. The van der Waals surface area contributed by atoms with Crippen molar-refractivity contribution >= 4 is 11.9 Å². The summed E-state index contributed by atoms with van der Waals surface area (Å²) in [6.45, 7) is 5.08. The predicted octanol–water partition coefficient (Wildman–Crippen LogP) is 6.65. The van der Waals surface area contributed by atoms with E-state index >= 15 is 0 Å². The third kappa shape index (κ3) is 15.7. The third-order valence-electron chi connectivity index (χ3n) is 12.6. The SMILES string of the molecule is Cn1nc(-c2noc(N3CCC(Cc4ccc(F)c(F)c4)CC3)n2)ccc1=O.Cn1nc(C(N)=NO)ccc1=O.Fc1ccc(CC2CCNCC2)cc1F.N#CN1CCC(Cc2ccc(F)c(F)c2)CC1. The molecule has 382 valence electrons. The van der Waals surface area contributed by atoms with E-state index in [1.165, 1.54) is 66.3 Å². The van der Waals surface area contributed by atoms with Gasteiger partial charge in [-0.2, -0.15) is 20.4 Å². The highest BCUT2D eigenvalue weighted by molar-refractivity contribution is 5.94. The van der Waals surface area contributed by atoms with Gasteiger partial charge in [0.15, 0.2) is 46.9 Å². The highest BCUT2D eigenvalue weighted by Crippen LogP contribution is 2.27. The summed E-state index contributed by atoms with van der Waals surface area (Å²) >= 11 is 0. The van der Waals surface area contributed by atoms with Crippen LogP contribution in [0.5, 0.6) is 0 Å². The van der Waals surface area contributed by atoms with Gasteiger partial charge in [-0.3, -0.25) is 9.59 Å². The van der Waals surface area contributed by atoms with Crippen LogP contribution in [0, 0.1) is 64.1 Å². The minimum absolute atomic E-state index is 0.120. The summed E-state index contributed by atoms with van der Waals surface area (Å²) in [7, 11) is 3.04. The monoisotopic (exact) mass is 1000 g/mol. The quantitative estimate of drug-likeness (QED) is 0.0347. The zero-order valence-corrected chi connectivity index (χ0v) is 39.8. The van der Waals surface area contributed by atoms with E-state index in [0.717, 1.165) is 112 Å². The lowest BCUT2D eigenvalue weighted by molar-refractivity contribution is 0.251. The van der Waals surface area contributed by atoms with Crippen molar-refractivity contribution in [2.75, 3.05) is 44.2 Å². The second-order valence-electron chi connectivity index (χ2n) is 17.8. The Morgan fingerprint density at radius 2 is 1.14 bits per heavy atom. The molecule has 0 aliphatic carbocycles. The largest absolute Gasteiger partial charge is 0.409 e. The highest BCUT2D eigenvalue weighted by Gasteiger charge is 2.25. The molecule has 3 saturated heterocycles. The van der Waals surface area contributed by atoms with E-state index in [0.29, 0.717) is 41.7 Å². The van der Waals surface area contributed by atoms with E-state index in [4.69, 9.17) is 20.7 Å². The van der Waals surface area contributed by atoms with Crippen LogP contribution in [0.2, 0.25) is 0 Å². The molecule has 0 bridgehead atoms. The first-order valence-electron chi connectivity index (χ1n) is 23.4. The van der Waals surface area contributed by atoms with E-state index < -0.39 is 34.9 Å². The molecule has 3 aromatic heterocycles. The molecule has 0 atom stereocenters. The summed E-state index contributed by atoms with van der Waals surface area (Å²) in [4.78, 5) is 30.4. The van der Waals surface area contributed by atoms with Crippen molar-refractivity contribution in [2.45, 2.75) is 57.8 Å². The minimum atomic E-state index is -0.821. The molecule has 22 heteroatoms. The Hall–Kier alpha value is -7.54. The Labute approximate surface area is 411 Å². The van der Waals surface area contributed by atoms with Crippen LogP contribution >= 0.6 is 0 Å². The lowest BCUT2D eigenvalue weighted by Crippen LogP contribution is -2.34. The predicted molar refractivity (Wildman–Crippen MR) is 255 cm³/mol. The average Bonchev–Trinajstić information content (AvgIpc) is 3.88. The third-order valence-corrected chi connectivity index (χ3v) is 12.6. The first-order chi connectivity index (χ1) is 34.6. The Balaban J connectivity index is 0.000000166. The molecule has 9 rings (SSSR count).